The molecule has 0 aliphatic carbocycles. The number of hydrogen-bond acceptors (Lipinski definition) is 0. The maximum atomic E-state index is 2.32. The molecule has 2 heteroatoms. The molecule has 0 aromatic carbocycles. The Labute approximate surface area is 136 Å². The van der Waals surface area contributed by atoms with Gasteiger partial charge < -0.3 is 24.0 Å². The summed E-state index contributed by atoms with van der Waals surface area (Å²) in [6, 6.07) is 4.30. The molecule has 0 atom stereocenters. The fourth-order valence-electron chi connectivity index (χ4n) is 2.40. The molecule has 0 unspecified atom stereocenters. The maximum absolute atomic E-state index is 2.32. The van der Waals surface area contributed by atoms with Crippen LogP contribution in [0.1, 0.15) is 70.3 Å². The quantitative estimate of drug-likeness (QED) is 0.334. The van der Waals surface area contributed by atoms with Crippen molar-refractivity contribution < 1.29 is 28.5 Å². The zero-order chi connectivity index (χ0) is 13.1. The van der Waals surface area contributed by atoms with Crippen LogP contribution in [0.25, 0.3) is 0 Å². The highest BCUT2D eigenvalue weighted by Gasteiger charge is 1.99. The van der Waals surface area contributed by atoms with Gasteiger partial charge in [-0.1, -0.05) is 51.9 Å². The van der Waals surface area contributed by atoms with Gasteiger partial charge in [-0.2, -0.15) is 0 Å². The highest BCUT2D eigenvalue weighted by atomic mass is 127. The molecule has 0 N–H and O–H groups in total. The van der Waals surface area contributed by atoms with E-state index in [1.54, 1.807) is 0 Å². The summed E-state index contributed by atoms with van der Waals surface area (Å²) in [6.45, 7) is 5.62. The maximum Gasteiger partial charge on any atom is 0.171 e. The van der Waals surface area contributed by atoms with Crippen molar-refractivity contribution in [3.8, 4) is 0 Å². The van der Waals surface area contributed by atoms with E-state index in [1.807, 2.05) is 0 Å². The Balaban J connectivity index is 0.00000324. The van der Waals surface area contributed by atoms with Crippen molar-refractivity contribution in [2.24, 2.45) is 0 Å². The Morgan fingerprint density at radius 3 is 2.05 bits per heavy atom. The van der Waals surface area contributed by atoms with Gasteiger partial charge in [0.1, 0.15) is 6.54 Å². The van der Waals surface area contributed by atoms with Crippen LogP contribution >= 0.6 is 0 Å². The predicted octanol–water partition coefficient (Wildman–Crippen LogP) is 1.82. The molecule has 19 heavy (non-hydrogen) atoms. The SMILES string of the molecule is CCCCCCCCCCC[n+]1cccc(C)c1.[I-]. The molecule has 0 aliphatic heterocycles. The molecule has 1 aromatic heterocycles. The van der Waals surface area contributed by atoms with E-state index < -0.39 is 0 Å². The number of nitrogens with zero attached hydrogens (tertiary/aromatic N) is 1. The summed E-state index contributed by atoms with van der Waals surface area (Å²) in [4.78, 5) is 0. The van der Waals surface area contributed by atoms with Gasteiger partial charge in [0.15, 0.2) is 12.4 Å². The molecular weight excluding hydrogens is 345 g/mol. The Kier molecular flexibility index (Phi) is 12.8. The summed E-state index contributed by atoms with van der Waals surface area (Å²) in [5, 5.41) is 0. The van der Waals surface area contributed by atoms with E-state index in [9.17, 15) is 0 Å². The summed E-state index contributed by atoms with van der Waals surface area (Å²) in [5.41, 5.74) is 1.36. The Morgan fingerprint density at radius 2 is 1.47 bits per heavy atom. The normalized spacial score (nSPS) is 10.2. The molecule has 0 amide bonds. The molecule has 1 nitrogen and oxygen atoms in total. The second-order valence-electron chi connectivity index (χ2n) is 5.45. The molecule has 1 heterocycles. The number of halogens is 1. The highest BCUT2D eigenvalue weighted by Crippen LogP contribution is 2.09. The lowest BCUT2D eigenvalue weighted by atomic mass is 10.1. The molecule has 0 saturated carbocycles. The molecule has 0 radical (unpaired) electrons. The Morgan fingerprint density at radius 1 is 0.895 bits per heavy atom. The number of rotatable bonds is 10. The summed E-state index contributed by atoms with van der Waals surface area (Å²) >= 11 is 0. The molecule has 0 spiro atoms. The van der Waals surface area contributed by atoms with Crippen molar-refractivity contribution in [1.29, 1.82) is 0 Å². The number of aromatic nitrogens is 1. The van der Waals surface area contributed by atoms with Crippen LogP contribution in [0.15, 0.2) is 24.5 Å². The first-order valence-corrected chi connectivity index (χ1v) is 7.78. The molecule has 0 saturated heterocycles. The van der Waals surface area contributed by atoms with Gasteiger partial charge in [-0.3, -0.25) is 0 Å². The first kappa shape index (κ1) is 18.9. The van der Waals surface area contributed by atoms with Gasteiger partial charge in [0.05, 0.1) is 0 Å². The molecule has 1 rings (SSSR count). The Hall–Kier alpha value is -0.120. The second-order valence-corrected chi connectivity index (χ2v) is 5.45. The number of pyridine rings is 1. The first-order valence-electron chi connectivity index (χ1n) is 7.78. The van der Waals surface area contributed by atoms with Gasteiger partial charge in [-0.15, -0.1) is 0 Å². The van der Waals surface area contributed by atoms with Crippen LogP contribution in [0.5, 0.6) is 0 Å². The molecular formula is C17H30IN. The zero-order valence-corrected chi connectivity index (χ0v) is 14.9. The van der Waals surface area contributed by atoms with E-state index >= 15 is 0 Å². The summed E-state index contributed by atoms with van der Waals surface area (Å²) in [6.07, 6.45) is 17.1. The van der Waals surface area contributed by atoms with Crippen molar-refractivity contribution in [2.75, 3.05) is 0 Å². The van der Waals surface area contributed by atoms with Crippen molar-refractivity contribution in [3.05, 3.63) is 30.1 Å². The van der Waals surface area contributed by atoms with Crippen molar-refractivity contribution in [2.45, 2.75) is 78.2 Å². The molecule has 0 bridgehead atoms. The van der Waals surface area contributed by atoms with Crippen molar-refractivity contribution >= 4 is 0 Å². The number of aryl methyl sites for hydroxylation is 2. The fourth-order valence-corrected chi connectivity index (χ4v) is 2.40. The standard InChI is InChI=1S/C17H30N.HI/c1-3-4-5-6-7-8-9-10-11-14-18-15-12-13-17(2)16-18;/h12-13,15-16H,3-11,14H2,1-2H3;1H/q+1;/p-1. The summed E-state index contributed by atoms with van der Waals surface area (Å²) in [7, 11) is 0. The zero-order valence-electron chi connectivity index (χ0n) is 12.7. The van der Waals surface area contributed by atoms with Crippen LogP contribution < -0.4 is 28.5 Å². The van der Waals surface area contributed by atoms with E-state index in [4.69, 9.17) is 0 Å². The number of hydrogen-bond donors (Lipinski definition) is 0. The average molecular weight is 375 g/mol. The van der Waals surface area contributed by atoms with E-state index in [1.165, 1.54) is 69.9 Å². The summed E-state index contributed by atoms with van der Waals surface area (Å²) in [5.74, 6) is 0. The van der Waals surface area contributed by atoms with Gasteiger partial charge in [0.25, 0.3) is 0 Å². The highest BCUT2D eigenvalue weighted by molar-refractivity contribution is 5.01. The van der Waals surface area contributed by atoms with Gasteiger partial charge in [0, 0.05) is 18.1 Å². The fraction of sp³-hybridized carbons (Fsp3) is 0.706. The van der Waals surface area contributed by atoms with Crippen LogP contribution in [0, 0.1) is 6.92 Å². The minimum absolute atomic E-state index is 0. The minimum Gasteiger partial charge on any atom is -1.00 e. The molecule has 0 aliphatic rings. The lowest BCUT2D eigenvalue weighted by Gasteiger charge is -2.01. The monoisotopic (exact) mass is 375 g/mol. The molecule has 1 aromatic rings. The summed E-state index contributed by atoms with van der Waals surface area (Å²) < 4.78 is 2.32. The van der Waals surface area contributed by atoms with Crippen molar-refractivity contribution in [1.82, 2.24) is 0 Å². The minimum atomic E-state index is 0. The third-order valence-electron chi connectivity index (χ3n) is 3.53. The molecule has 0 fully saturated rings. The van der Waals surface area contributed by atoms with Gasteiger partial charge in [-0.25, -0.2) is 4.57 Å². The van der Waals surface area contributed by atoms with Gasteiger partial charge in [-0.05, 0) is 19.4 Å². The van der Waals surface area contributed by atoms with Crippen LogP contribution in [0.4, 0.5) is 0 Å². The van der Waals surface area contributed by atoms with Crippen LogP contribution in [0.3, 0.4) is 0 Å². The van der Waals surface area contributed by atoms with E-state index in [0.29, 0.717) is 0 Å². The third kappa shape index (κ3) is 10.3. The lowest BCUT2D eigenvalue weighted by Crippen LogP contribution is -3.00. The van der Waals surface area contributed by atoms with Crippen LogP contribution in [-0.4, -0.2) is 0 Å². The Bertz CT molecular complexity index is 312. The van der Waals surface area contributed by atoms with E-state index in [0.717, 1.165) is 0 Å². The van der Waals surface area contributed by atoms with Gasteiger partial charge in [0.2, 0.25) is 0 Å². The lowest BCUT2D eigenvalue weighted by molar-refractivity contribution is -0.697. The second kappa shape index (κ2) is 12.9. The largest absolute Gasteiger partial charge is 1.00 e. The van der Waals surface area contributed by atoms with Crippen LogP contribution in [0.2, 0.25) is 0 Å². The number of unbranched alkanes of at least 4 members (excludes halogenated alkanes) is 8. The van der Waals surface area contributed by atoms with Crippen molar-refractivity contribution in [3.63, 3.8) is 0 Å². The van der Waals surface area contributed by atoms with Gasteiger partial charge >= 0.3 is 0 Å². The van der Waals surface area contributed by atoms with E-state index in [2.05, 4.69) is 42.9 Å². The predicted molar refractivity (Wildman–Crippen MR) is 78.6 cm³/mol. The van der Waals surface area contributed by atoms with E-state index in [-0.39, 0.29) is 24.0 Å². The first-order chi connectivity index (χ1) is 8.83. The van der Waals surface area contributed by atoms with Crippen LogP contribution in [-0.2, 0) is 6.54 Å². The third-order valence-corrected chi connectivity index (χ3v) is 3.53. The average Bonchev–Trinajstić information content (AvgIpc) is 2.37. The molecule has 110 valence electrons. The smallest absolute Gasteiger partial charge is 0.171 e. The topological polar surface area (TPSA) is 3.88 Å².